The van der Waals surface area contributed by atoms with Crippen molar-refractivity contribution in [1.82, 2.24) is 4.90 Å². The molecule has 0 saturated carbocycles. The third-order valence-electron chi connectivity index (χ3n) is 5.56. The van der Waals surface area contributed by atoms with Gasteiger partial charge < -0.3 is 4.90 Å². The first-order valence-electron chi connectivity index (χ1n) is 9.28. The Hall–Kier alpha value is -2.92. The summed E-state index contributed by atoms with van der Waals surface area (Å²) in [7, 11) is 0. The van der Waals surface area contributed by atoms with Gasteiger partial charge in [0, 0.05) is 37.1 Å². The minimum Gasteiger partial charge on any atom is -0.367 e. The van der Waals surface area contributed by atoms with E-state index in [0.29, 0.717) is 12.4 Å². The van der Waals surface area contributed by atoms with Crippen LogP contribution in [-0.2, 0) is 0 Å². The number of carbonyl (C=O) groups is 1. The Morgan fingerprint density at radius 1 is 0.815 bits per heavy atom. The molecule has 0 N–H and O–H groups in total. The second-order valence-electron chi connectivity index (χ2n) is 7.11. The van der Waals surface area contributed by atoms with Gasteiger partial charge in [0.15, 0.2) is 0 Å². The van der Waals surface area contributed by atoms with E-state index in [-0.39, 0.29) is 11.7 Å². The first kappa shape index (κ1) is 16.3. The third-order valence-corrected chi connectivity index (χ3v) is 5.56. The standard InChI is InChI=1S/C22H20FN3O/c23-18-8-1-2-9-19(18)25-13-11-24(12-14-25)15-26-20-10-4-6-16-5-3-7-17(21(16)20)22(26)27/h1-10H,11-15H2. The van der Waals surface area contributed by atoms with Crippen molar-refractivity contribution in [3.63, 3.8) is 0 Å². The van der Waals surface area contributed by atoms with E-state index >= 15 is 0 Å². The van der Waals surface area contributed by atoms with Gasteiger partial charge >= 0.3 is 0 Å². The van der Waals surface area contributed by atoms with Crippen LogP contribution in [0.2, 0.25) is 0 Å². The number of carbonyl (C=O) groups excluding carboxylic acids is 1. The number of halogens is 1. The lowest BCUT2D eigenvalue weighted by Crippen LogP contribution is -2.51. The van der Waals surface area contributed by atoms with Gasteiger partial charge in [-0.15, -0.1) is 0 Å². The molecule has 1 amide bonds. The molecule has 27 heavy (non-hydrogen) atoms. The average molecular weight is 361 g/mol. The SMILES string of the molecule is O=C1c2cccc3cccc(c23)N1CN1CCN(c2ccccc2F)CC1. The zero-order valence-electron chi connectivity index (χ0n) is 14.9. The van der Waals surface area contributed by atoms with Gasteiger partial charge in [-0.2, -0.15) is 0 Å². The number of piperazine rings is 1. The van der Waals surface area contributed by atoms with Gasteiger partial charge in [-0.05, 0) is 29.7 Å². The van der Waals surface area contributed by atoms with E-state index in [1.165, 1.54) is 6.07 Å². The highest BCUT2D eigenvalue weighted by Crippen LogP contribution is 2.37. The van der Waals surface area contributed by atoms with Crippen LogP contribution >= 0.6 is 0 Å². The first-order valence-corrected chi connectivity index (χ1v) is 9.28. The minimum absolute atomic E-state index is 0.0679. The summed E-state index contributed by atoms with van der Waals surface area (Å²) in [5.74, 6) is -0.110. The summed E-state index contributed by atoms with van der Waals surface area (Å²) in [6.45, 7) is 3.66. The largest absolute Gasteiger partial charge is 0.367 e. The molecule has 0 aromatic heterocycles. The molecule has 1 saturated heterocycles. The molecule has 0 radical (unpaired) electrons. The molecular weight excluding hydrogens is 341 g/mol. The number of para-hydroxylation sites is 1. The van der Waals surface area contributed by atoms with Crippen LogP contribution in [0, 0.1) is 5.82 Å². The van der Waals surface area contributed by atoms with E-state index in [2.05, 4.69) is 9.80 Å². The molecular formula is C22H20FN3O. The van der Waals surface area contributed by atoms with Crippen LogP contribution in [0.4, 0.5) is 15.8 Å². The number of benzene rings is 3. The smallest absolute Gasteiger partial charge is 0.260 e. The molecule has 136 valence electrons. The maximum atomic E-state index is 14.0. The predicted molar refractivity (Wildman–Crippen MR) is 106 cm³/mol. The summed E-state index contributed by atoms with van der Waals surface area (Å²) >= 11 is 0. The lowest BCUT2D eigenvalue weighted by Gasteiger charge is -2.37. The Bertz CT molecular complexity index is 1020. The van der Waals surface area contributed by atoms with Gasteiger partial charge in [-0.1, -0.05) is 36.4 Å². The molecule has 5 rings (SSSR count). The van der Waals surface area contributed by atoms with Crippen LogP contribution in [0.3, 0.4) is 0 Å². The second-order valence-corrected chi connectivity index (χ2v) is 7.11. The van der Waals surface area contributed by atoms with Crippen LogP contribution < -0.4 is 9.80 Å². The number of rotatable bonds is 3. The number of anilines is 2. The maximum absolute atomic E-state index is 14.0. The van der Waals surface area contributed by atoms with Crippen molar-refractivity contribution < 1.29 is 9.18 Å². The van der Waals surface area contributed by atoms with Gasteiger partial charge in [0.05, 0.1) is 18.0 Å². The van der Waals surface area contributed by atoms with E-state index in [0.717, 1.165) is 48.2 Å². The molecule has 1 fully saturated rings. The molecule has 0 unspecified atom stereocenters. The van der Waals surface area contributed by atoms with E-state index < -0.39 is 0 Å². The molecule has 2 heterocycles. The predicted octanol–water partition coefficient (Wildman–Crippen LogP) is 3.72. The highest BCUT2D eigenvalue weighted by molar-refractivity contribution is 6.24. The lowest BCUT2D eigenvalue weighted by molar-refractivity contribution is 0.0972. The molecule has 4 nitrogen and oxygen atoms in total. The van der Waals surface area contributed by atoms with Crippen molar-refractivity contribution in [2.24, 2.45) is 0 Å². The van der Waals surface area contributed by atoms with Gasteiger partial charge in [0.1, 0.15) is 5.82 Å². The highest BCUT2D eigenvalue weighted by atomic mass is 19.1. The van der Waals surface area contributed by atoms with Crippen molar-refractivity contribution >= 4 is 28.1 Å². The molecule has 2 aliphatic rings. The molecule has 0 atom stereocenters. The Morgan fingerprint density at radius 3 is 2.30 bits per heavy atom. The van der Waals surface area contributed by atoms with Crippen molar-refractivity contribution in [2.75, 3.05) is 42.6 Å². The third kappa shape index (κ3) is 2.66. The Kier molecular flexibility index (Phi) is 3.83. The molecule has 0 spiro atoms. The normalized spacial score (nSPS) is 17.1. The molecule has 5 heteroatoms. The number of hydrogen-bond acceptors (Lipinski definition) is 3. The summed E-state index contributed by atoms with van der Waals surface area (Å²) in [6, 6.07) is 18.9. The number of nitrogens with zero attached hydrogens (tertiary/aromatic N) is 3. The summed E-state index contributed by atoms with van der Waals surface area (Å²) in [4.78, 5) is 19.1. The van der Waals surface area contributed by atoms with Gasteiger partial charge in [-0.25, -0.2) is 4.39 Å². The quantitative estimate of drug-likeness (QED) is 0.711. The average Bonchev–Trinajstić information content (AvgIpc) is 2.97. The van der Waals surface area contributed by atoms with E-state index in [1.807, 2.05) is 53.4 Å². The fraction of sp³-hybridized carbons (Fsp3) is 0.227. The molecule has 3 aromatic rings. The van der Waals surface area contributed by atoms with E-state index in [4.69, 9.17) is 0 Å². The molecule has 0 bridgehead atoms. The van der Waals surface area contributed by atoms with Gasteiger partial charge in [0.2, 0.25) is 0 Å². The van der Waals surface area contributed by atoms with Crippen molar-refractivity contribution in [1.29, 1.82) is 0 Å². The Morgan fingerprint density at radius 2 is 1.52 bits per heavy atom. The number of amides is 1. The molecule has 0 aliphatic carbocycles. The monoisotopic (exact) mass is 361 g/mol. The van der Waals surface area contributed by atoms with E-state index in [9.17, 15) is 9.18 Å². The zero-order valence-corrected chi connectivity index (χ0v) is 14.9. The summed E-state index contributed by atoms with van der Waals surface area (Å²) in [5.41, 5.74) is 2.43. The fourth-order valence-corrected chi connectivity index (χ4v) is 4.16. The van der Waals surface area contributed by atoms with Crippen LogP contribution in [0.5, 0.6) is 0 Å². The first-order chi connectivity index (χ1) is 13.2. The summed E-state index contributed by atoms with van der Waals surface area (Å²) < 4.78 is 14.0. The topological polar surface area (TPSA) is 26.8 Å². The summed E-state index contributed by atoms with van der Waals surface area (Å²) in [5, 5.41) is 2.15. The van der Waals surface area contributed by atoms with Crippen LogP contribution in [0.15, 0.2) is 60.7 Å². The maximum Gasteiger partial charge on any atom is 0.260 e. The zero-order chi connectivity index (χ0) is 18.4. The van der Waals surface area contributed by atoms with Crippen molar-refractivity contribution in [2.45, 2.75) is 0 Å². The van der Waals surface area contributed by atoms with Crippen LogP contribution in [0.25, 0.3) is 10.8 Å². The summed E-state index contributed by atoms with van der Waals surface area (Å²) in [6.07, 6.45) is 0. The van der Waals surface area contributed by atoms with Gasteiger partial charge in [-0.3, -0.25) is 14.6 Å². The van der Waals surface area contributed by atoms with E-state index in [1.54, 1.807) is 6.07 Å². The highest BCUT2D eigenvalue weighted by Gasteiger charge is 2.31. The second kappa shape index (κ2) is 6.35. The fourth-order valence-electron chi connectivity index (χ4n) is 4.16. The minimum atomic E-state index is -0.178. The molecule has 2 aliphatic heterocycles. The van der Waals surface area contributed by atoms with Crippen LogP contribution in [0.1, 0.15) is 10.4 Å². The van der Waals surface area contributed by atoms with Crippen molar-refractivity contribution in [3.05, 3.63) is 72.0 Å². The van der Waals surface area contributed by atoms with Crippen LogP contribution in [-0.4, -0.2) is 43.7 Å². The Balaban J connectivity index is 1.33. The number of hydrogen-bond donors (Lipinski definition) is 0. The molecule has 3 aromatic carbocycles. The lowest BCUT2D eigenvalue weighted by atomic mass is 10.1. The van der Waals surface area contributed by atoms with Crippen molar-refractivity contribution in [3.8, 4) is 0 Å². The van der Waals surface area contributed by atoms with Gasteiger partial charge in [0.25, 0.3) is 5.91 Å². The Labute approximate surface area is 157 Å².